The van der Waals surface area contributed by atoms with E-state index in [0.717, 1.165) is 5.56 Å². The van der Waals surface area contributed by atoms with Gasteiger partial charge in [0.25, 0.3) is 11.6 Å². The van der Waals surface area contributed by atoms with Crippen molar-refractivity contribution in [3.8, 4) is 17.2 Å². The SMILES string of the molecule is Cc1cc(OCn2ccc(C(=O)Nc3cc(Oc4ccc(Cl)cc4)cc([N+](=O)[O-])c3)n2)ccc1Cl. The van der Waals surface area contributed by atoms with Gasteiger partial charge in [0.15, 0.2) is 12.4 Å². The topological polar surface area (TPSA) is 109 Å². The van der Waals surface area contributed by atoms with Gasteiger partial charge in [-0.15, -0.1) is 0 Å². The lowest BCUT2D eigenvalue weighted by Gasteiger charge is -2.09. The van der Waals surface area contributed by atoms with Crippen LogP contribution in [0.3, 0.4) is 0 Å². The number of aryl methyl sites for hydroxylation is 1. The Balaban J connectivity index is 1.45. The Morgan fingerprint density at radius 1 is 1.03 bits per heavy atom. The van der Waals surface area contributed by atoms with E-state index in [1.165, 1.54) is 28.9 Å². The van der Waals surface area contributed by atoms with Gasteiger partial charge in [0.05, 0.1) is 16.7 Å². The number of anilines is 1. The van der Waals surface area contributed by atoms with Crippen LogP contribution in [0.2, 0.25) is 10.0 Å². The van der Waals surface area contributed by atoms with Crippen LogP contribution in [-0.2, 0) is 6.73 Å². The van der Waals surface area contributed by atoms with E-state index in [1.807, 2.05) is 6.92 Å². The van der Waals surface area contributed by atoms with E-state index >= 15 is 0 Å². The first-order chi connectivity index (χ1) is 16.8. The van der Waals surface area contributed by atoms with Crippen molar-refractivity contribution in [3.63, 3.8) is 0 Å². The van der Waals surface area contributed by atoms with Gasteiger partial charge in [-0.3, -0.25) is 14.9 Å². The van der Waals surface area contributed by atoms with Gasteiger partial charge in [-0.1, -0.05) is 23.2 Å². The molecule has 1 amide bonds. The molecule has 0 atom stereocenters. The molecule has 1 aromatic heterocycles. The summed E-state index contributed by atoms with van der Waals surface area (Å²) in [5, 5.41) is 19.3. The fraction of sp³-hybridized carbons (Fsp3) is 0.0833. The largest absolute Gasteiger partial charge is 0.471 e. The smallest absolute Gasteiger partial charge is 0.276 e. The van der Waals surface area contributed by atoms with Gasteiger partial charge < -0.3 is 14.8 Å². The van der Waals surface area contributed by atoms with Gasteiger partial charge >= 0.3 is 0 Å². The number of carbonyl (C=O) groups is 1. The summed E-state index contributed by atoms with van der Waals surface area (Å²) in [4.78, 5) is 23.5. The van der Waals surface area contributed by atoms with Gasteiger partial charge in [-0.05, 0) is 61.0 Å². The zero-order valence-electron chi connectivity index (χ0n) is 18.3. The standard InChI is InChI=1S/C24H18Cl2N4O5/c1-15-10-20(6-7-22(15)26)34-14-29-9-8-23(28-29)24(31)27-17-11-18(30(32)33)13-21(12-17)35-19-4-2-16(25)3-5-19/h2-13H,14H2,1H3,(H,27,31). The molecule has 3 aromatic carbocycles. The highest BCUT2D eigenvalue weighted by Gasteiger charge is 2.16. The summed E-state index contributed by atoms with van der Waals surface area (Å²) in [5.41, 5.74) is 0.910. The molecule has 178 valence electrons. The summed E-state index contributed by atoms with van der Waals surface area (Å²) in [6, 6.07) is 17.2. The van der Waals surface area contributed by atoms with E-state index in [9.17, 15) is 14.9 Å². The Labute approximate surface area is 210 Å². The third-order valence-corrected chi connectivity index (χ3v) is 5.45. The molecule has 35 heavy (non-hydrogen) atoms. The Morgan fingerprint density at radius 3 is 2.49 bits per heavy atom. The number of carbonyl (C=O) groups excluding carboxylic acids is 1. The first-order valence-corrected chi connectivity index (χ1v) is 11.0. The predicted octanol–water partition coefficient (Wildman–Crippen LogP) is 6.49. The normalized spacial score (nSPS) is 10.6. The van der Waals surface area contributed by atoms with E-state index in [-0.39, 0.29) is 29.5 Å². The lowest BCUT2D eigenvalue weighted by Crippen LogP contribution is -2.14. The van der Waals surface area contributed by atoms with E-state index in [1.54, 1.807) is 48.7 Å². The van der Waals surface area contributed by atoms with Crippen LogP contribution in [0.4, 0.5) is 11.4 Å². The molecule has 0 aliphatic carbocycles. The Morgan fingerprint density at radius 2 is 1.77 bits per heavy atom. The molecule has 0 radical (unpaired) electrons. The molecule has 0 aliphatic heterocycles. The number of nitro groups is 1. The average Bonchev–Trinajstić information content (AvgIpc) is 3.30. The lowest BCUT2D eigenvalue weighted by atomic mass is 10.2. The molecule has 0 saturated carbocycles. The Bertz CT molecular complexity index is 1390. The number of aromatic nitrogens is 2. The number of non-ortho nitro benzene ring substituents is 1. The van der Waals surface area contributed by atoms with Crippen molar-refractivity contribution >= 4 is 40.5 Å². The molecule has 1 heterocycles. The fourth-order valence-electron chi connectivity index (χ4n) is 3.06. The number of amides is 1. The summed E-state index contributed by atoms with van der Waals surface area (Å²) >= 11 is 11.9. The monoisotopic (exact) mass is 512 g/mol. The molecule has 1 N–H and O–H groups in total. The van der Waals surface area contributed by atoms with Crippen LogP contribution in [0.1, 0.15) is 16.1 Å². The fourth-order valence-corrected chi connectivity index (χ4v) is 3.30. The highest BCUT2D eigenvalue weighted by atomic mass is 35.5. The highest BCUT2D eigenvalue weighted by molar-refractivity contribution is 6.31. The molecule has 11 heteroatoms. The van der Waals surface area contributed by atoms with Crippen LogP contribution in [0, 0.1) is 17.0 Å². The molecule has 0 saturated heterocycles. The van der Waals surface area contributed by atoms with Crippen LogP contribution in [0.25, 0.3) is 0 Å². The Hall–Kier alpha value is -4.08. The number of halogens is 2. The second-order valence-corrected chi connectivity index (χ2v) is 8.25. The van der Waals surface area contributed by atoms with Crippen molar-refractivity contribution in [3.05, 3.63) is 104 Å². The quantitative estimate of drug-likeness (QED) is 0.213. The third-order valence-electron chi connectivity index (χ3n) is 4.78. The maximum Gasteiger partial charge on any atom is 0.276 e. The Kier molecular flexibility index (Phi) is 7.19. The maximum absolute atomic E-state index is 12.7. The molecule has 0 aliphatic rings. The minimum atomic E-state index is -0.574. The van der Waals surface area contributed by atoms with Crippen molar-refractivity contribution in [2.75, 3.05) is 5.32 Å². The van der Waals surface area contributed by atoms with Gasteiger partial charge in [0.2, 0.25) is 0 Å². The van der Waals surface area contributed by atoms with E-state index in [0.29, 0.717) is 21.5 Å². The second kappa shape index (κ2) is 10.5. The number of nitrogens with one attached hydrogen (secondary N) is 1. The number of nitrogens with zero attached hydrogens (tertiary/aromatic N) is 3. The predicted molar refractivity (Wildman–Crippen MR) is 132 cm³/mol. The van der Waals surface area contributed by atoms with Gasteiger partial charge in [0, 0.05) is 28.4 Å². The molecule has 9 nitrogen and oxygen atoms in total. The third kappa shape index (κ3) is 6.28. The summed E-state index contributed by atoms with van der Waals surface area (Å²) < 4.78 is 12.8. The minimum Gasteiger partial charge on any atom is -0.471 e. The van der Waals surface area contributed by atoms with Crippen LogP contribution < -0.4 is 14.8 Å². The molecular formula is C24H18Cl2N4O5. The van der Waals surface area contributed by atoms with E-state index in [4.69, 9.17) is 32.7 Å². The van der Waals surface area contributed by atoms with Gasteiger partial charge in [-0.25, -0.2) is 4.68 Å². The lowest BCUT2D eigenvalue weighted by molar-refractivity contribution is -0.384. The summed E-state index contributed by atoms with van der Waals surface area (Å²) in [5.74, 6) is 0.665. The first kappa shape index (κ1) is 24.1. The first-order valence-electron chi connectivity index (χ1n) is 10.2. The second-order valence-electron chi connectivity index (χ2n) is 7.41. The minimum absolute atomic E-state index is 0.0737. The molecule has 0 bridgehead atoms. The van der Waals surface area contributed by atoms with Gasteiger partial charge in [0.1, 0.15) is 17.2 Å². The summed E-state index contributed by atoms with van der Waals surface area (Å²) in [7, 11) is 0. The molecular weight excluding hydrogens is 495 g/mol. The number of hydrogen-bond donors (Lipinski definition) is 1. The molecule has 4 aromatic rings. The van der Waals surface area contributed by atoms with E-state index < -0.39 is 10.8 Å². The maximum atomic E-state index is 12.7. The zero-order valence-corrected chi connectivity index (χ0v) is 19.8. The van der Waals surface area contributed by atoms with Crippen molar-refractivity contribution in [1.29, 1.82) is 0 Å². The average molecular weight is 513 g/mol. The van der Waals surface area contributed by atoms with Crippen molar-refractivity contribution in [1.82, 2.24) is 9.78 Å². The summed E-state index contributed by atoms with van der Waals surface area (Å²) in [6.45, 7) is 1.94. The highest BCUT2D eigenvalue weighted by Crippen LogP contribution is 2.30. The van der Waals surface area contributed by atoms with E-state index in [2.05, 4.69) is 10.4 Å². The van der Waals surface area contributed by atoms with Crippen molar-refractivity contribution in [2.24, 2.45) is 0 Å². The van der Waals surface area contributed by atoms with Crippen LogP contribution in [-0.4, -0.2) is 20.6 Å². The van der Waals surface area contributed by atoms with Crippen LogP contribution in [0.5, 0.6) is 17.2 Å². The van der Waals surface area contributed by atoms with Crippen LogP contribution >= 0.6 is 23.2 Å². The van der Waals surface area contributed by atoms with Crippen LogP contribution in [0.15, 0.2) is 72.9 Å². The zero-order chi connectivity index (χ0) is 24.9. The number of ether oxygens (including phenoxy) is 2. The summed E-state index contributed by atoms with van der Waals surface area (Å²) in [6.07, 6.45) is 1.58. The number of hydrogen-bond acceptors (Lipinski definition) is 6. The number of nitro benzene ring substituents is 1. The van der Waals surface area contributed by atoms with Gasteiger partial charge in [-0.2, -0.15) is 5.10 Å². The van der Waals surface area contributed by atoms with Crippen molar-refractivity contribution < 1.29 is 19.2 Å². The number of rotatable bonds is 8. The molecule has 0 spiro atoms. The molecule has 0 fully saturated rings. The number of benzene rings is 3. The molecule has 0 unspecified atom stereocenters. The molecule has 4 rings (SSSR count). The van der Waals surface area contributed by atoms with Crippen molar-refractivity contribution in [2.45, 2.75) is 13.7 Å².